The predicted octanol–water partition coefficient (Wildman–Crippen LogP) is 4.72. The van der Waals surface area contributed by atoms with E-state index < -0.39 is 10.0 Å². The molecule has 0 aliphatic carbocycles. The number of sulfonamides is 1. The van der Waals surface area contributed by atoms with Crippen LogP contribution in [0, 0.1) is 11.3 Å². The molecule has 7 heteroatoms. The van der Waals surface area contributed by atoms with Crippen LogP contribution in [0.3, 0.4) is 0 Å². The fourth-order valence-electron chi connectivity index (χ4n) is 4.13. The highest BCUT2D eigenvalue weighted by molar-refractivity contribution is 7.89. The number of ether oxygens (including phenoxy) is 1. The second kappa shape index (κ2) is 8.50. The van der Waals surface area contributed by atoms with Gasteiger partial charge in [0.15, 0.2) is 0 Å². The Bertz CT molecular complexity index is 1450. The first-order valence-corrected chi connectivity index (χ1v) is 11.7. The van der Waals surface area contributed by atoms with Crippen molar-refractivity contribution in [3.05, 3.63) is 72.3 Å². The minimum atomic E-state index is -3.77. The molecule has 1 heterocycles. The van der Waals surface area contributed by atoms with Crippen LogP contribution < -0.4 is 9.88 Å². The van der Waals surface area contributed by atoms with Gasteiger partial charge in [0.1, 0.15) is 5.75 Å². The fraction of sp³-hybridized carbons (Fsp3) is 0.160. The minimum absolute atomic E-state index is 0.0579. The van der Waals surface area contributed by atoms with E-state index in [0.29, 0.717) is 6.54 Å². The van der Waals surface area contributed by atoms with Gasteiger partial charge >= 0.3 is 0 Å². The fourth-order valence-corrected chi connectivity index (χ4v) is 4.64. The van der Waals surface area contributed by atoms with Crippen LogP contribution in [0.2, 0.25) is 0 Å². The third-order valence-electron chi connectivity index (χ3n) is 5.60. The van der Waals surface area contributed by atoms with Crippen LogP contribution in [-0.2, 0) is 23.0 Å². The summed E-state index contributed by atoms with van der Waals surface area (Å²) in [6, 6.07) is 22.9. The molecule has 3 aromatic carbocycles. The van der Waals surface area contributed by atoms with Gasteiger partial charge < -0.3 is 9.30 Å². The molecule has 0 atom stereocenters. The van der Waals surface area contributed by atoms with Crippen molar-refractivity contribution in [2.24, 2.45) is 5.14 Å². The molecule has 162 valence electrons. The number of nitrogens with zero attached hydrogens (tertiary/aromatic N) is 2. The number of nitrogens with two attached hydrogens (primary N) is 1. The number of hydrogen-bond acceptors (Lipinski definition) is 4. The van der Waals surface area contributed by atoms with Crippen molar-refractivity contribution in [3.8, 4) is 34.2 Å². The van der Waals surface area contributed by atoms with Crippen LogP contribution in [0.25, 0.3) is 33.3 Å². The van der Waals surface area contributed by atoms with Crippen molar-refractivity contribution in [1.29, 1.82) is 5.26 Å². The quantitative estimate of drug-likeness (QED) is 0.464. The highest BCUT2D eigenvalue weighted by atomic mass is 32.2. The molecular formula is C25H23N3O3S. The number of benzene rings is 3. The Hall–Kier alpha value is -3.60. The maximum atomic E-state index is 11.7. The molecular weight excluding hydrogens is 422 g/mol. The molecule has 1 aromatic heterocycles. The lowest BCUT2D eigenvalue weighted by Gasteiger charge is -2.10. The first kappa shape index (κ1) is 21.6. The number of methoxy groups -OCH3 is 1. The summed E-state index contributed by atoms with van der Waals surface area (Å²) in [5.41, 5.74) is 5.74. The number of primary sulfonamides is 1. The summed E-state index contributed by atoms with van der Waals surface area (Å²) in [6.45, 7) is 2.75. The minimum Gasteiger partial charge on any atom is -0.497 e. The van der Waals surface area contributed by atoms with E-state index in [2.05, 4.69) is 28.8 Å². The van der Waals surface area contributed by atoms with Gasteiger partial charge in [0.05, 0.1) is 30.2 Å². The van der Waals surface area contributed by atoms with Gasteiger partial charge in [-0.05, 0) is 65.6 Å². The van der Waals surface area contributed by atoms with E-state index >= 15 is 0 Å². The van der Waals surface area contributed by atoms with Crippen LogP contribution in [0.1, 0.15) is 12.5 Å². The van der Waals surface area contributed by atoms with E-state index in [9.17, 15) is 13.7 Å². The van der Waals surface area contributed by atoms with Crippen LogP contribution in [0.15, 0.2) is 71.6 Å². The van der Waals surface area contributed by atoms with E-state index in [0.717, 1.165) is 44.6 Å². The Kier molecular flexibility index (Phi) is 5.74. The largest absolute Gasteiger partial charge is 0.497 e. The maximum Gasteiger partial charge on any atom is 0.238 e. The summed E-state index contributed by atoms with van der Waals surface area (Å²) in [7, 11) is -2.13. The zero-order chi connectivity index (χ0) is 22.9. The second-order valence-electron chi connectivity index (χ2n) is 7.44. The summed E-state index contributed by atoms with van der Waals surface area (Å²) in [5.74, 6) is 0.779. The average molecular weight is 446 g/mol. The average Bonchev–Trinajstić information content (AvgIpc) is 3.11. The summed E-state index contributed by atoms with van der Waals surface area (Å²) >= 11 is 0. The molecule has 0 saturated carbocycles. The third-order valence-corrected chi connectivity index (χ3v) is 6.53. The first-order chi connectivity index (χ1) is 15.4. The van der Waals surface area contributed by atoms with E-state index in [-0.39, 0.29) is 11.3 Å². The third kappa shape index (κ3) is 3.86. The van der Waals surface area contributed by atoms with E-state index in [4.69, 9.17) is 9.88 Å². The first-order valence-electron chi connectivity index (χ1n) is 10.2. The van der Waals surface area contributed by atoms with Crippen molar-refractivity contribution in [2.45, 2.75) is 24.8 Å². The number of aromatic nitrogens is 1. The van der Waals surface area contributed by atoms with Crippen molar-refractivity contribution >= 4 is 20.9 Å². The van der Waals surface area contributed by atoms with Gasteiger partial charge in [-0.3, -0.25) is 0 Å². The molecule has 0 amide bonds. The molecule has 4 aromatic rings. The van der Waals surface area contributed by atoms with Gasteiger partial charge in [0.2, 0.25) is 10.0 Å². The molecule has 0 saturated heterocycles. The molecule has 0 unspecified atom stereocenters. The Morgan fingerprint density at radius 3 is 2.31 bits per heavy atom. The van der Waals surface area contributed by atoms with Crippen LogP contribution >= 0.6 is 0 Å². The van der Waals surface area contributed by atoms with Crippen molar-refractivity contribution in [2.75, 3.05) is 7.11 Å². The Morgan fingerprint density at radius 1 is 1.00 bits per heavy atom. The number of aryl methyl sites for hydroxylation is 1. The Balaban J connectivity index is 1.95. The highest BCUT2D eigenvalue weighted by Gasteiger charge is 2.19. The Morgan fingerprint density at radius 2 is 1.69 bits per heavy atom. The molecule has 6 nitrogen and oxygen atoms in total. The van der Waals surface area contributed by atoms with Gasteiger partial charge in [-0.1, -0.05) is 30.3 Å². The van der Waals surface area contributed by atoms with Crippen LogP contribution in [0.5, 0.6) is 5.75 Å². The van der Waals surface area contributed by atoms with Gasteiger partial charge in [0, 0.05) is 17.4 Å². The summed E-state index contributed by atoms with van der Waals surface area (Å²) < 4.78 is 30.8. The van der Waals surface area contributed by atoms with E-state index in [1.54, 1.807) is 19.2 Å². The van der Waals surface area contributed by atoms with Crippen LogP contribution in [0.4, 0.5) is 0 Å². The zero-order valence-corrected chi connectivity index (χ0v) is 18.7. The number of nitriles is 1. The molecule has 0 fully saturated rings. The van der Waals surface area contributed by atoms with Gasteiger partial charge in [-0.2, -0.15) is 5.26 Å². The topological polar surface area (TPSA) is 98.1 Å². The molecule has 0 spiro atoms. The Labute approximate surface area is 187 Å². The van der Waals surface area contributed by atoms with Crippen molar-refractivity contribution in [1.82, 2.24) is 4.57 Å². The SMILES string of the molecule is CCn1c(-c2ccc(S(N)(=O)=O)cc2)c(CC#N)c2cc(-c3cccc(OC)c3)ccc21. The normalized spacial score (nSPS) is 11.4. The lowest BCUT2D eigenvalue weighted by molar-refractivity contribution is 0.415. The predicted molar refractivity (Wildman–Crippen MR) is 126 cm³/mol. The van der Waals surface area contributed by atoms with Crippen molar-refractivity contribution < 1.29 is 13.2 Å². The van der Waals surface area contributed by atoms with Gasteiger partial charge in [-0.25, -0.2) is 13.6 Å². The molecule has 2 N–H and O–H groups in total. The molecule has 0 aliphatic rings. The molecule has 0 bridgehead atoms. The van der Waals surface area contributed by atoms with E-state index in [1.165, 1.54) is 12.1 Å². The van der Waals surface area contributed by atoms with Gasteiger partial charge in [0.25, 0.3) is 0 Å². The van der Waals surface area contributed by atoms with E-state index in [1.807, 2.05) is 31.2 Å². The zero-order valence-electron chi connectivity index (χ0n) is 17.9. The summed E-state index contributed by atoms with van der Waals surface area (Å²) in [5, 5.41) is 15.8. The highest BCUT2D eigenvalue weighted by Crippen LogP contribution is 2.37. The molecule has 32 heavy (non-hydrogen) atoms. The second-order valence-corrected chi connectivity index (χ2v) is 9.00. The monoisotopic (exact) mass is 445 g/mol. The molecule has 0 aliphatic heterocycles. The number of rotatable bonds is 6. The van der Waals surface area contributed by atoms with Gasteiger partial charge in [-0.15, -0.1) is 0 Å². The standard InChI is InChI=1S/C25H23N3O3S/c1-3-28-24-12-9-19(18-5-4-6-20(15-18)31-2)16-23(24)22(13-14-26)25(28)17-7-10-21(11-8-17)32(27,29)30/h4-12,15-16H,3,13H2,1-2H3,(H2,27,29,30). The summed E-state index contributed by atoms with van der Waals surface area (Å²) in [6.07, 6.45) is 0.233. The van der Waals surface area contributed by atoms with Crippen molar-refractivity contribution in [3.63, 3.8) is 0 Å². The lowest BCUT2D eigenvalue weighted by Crippen LogP contribution is -2.11. The molecule has 0 radical (unpaired) electrons. The lowest BCUT2D eigenvalue weighted by atomic mass is 9.99. The number of fused-ring (bicyclic) bond motifs is 1. The smallest absolute Gasteiger partial charge is 0.238 e. The van der Waals surface area contributed by atoms with Crippen LogP contribution in [-0.4, -0.2) is 20.1 Å². The maximum absolute atomic E-state index is 11.7. The molecule has 4 rings (SSSR count). The summed E-state index contributed by atoms with van der Waals surface area (Å²) in [4.78, 5) is 0.0579. The number of hydrogen-bond donors (Lipinski definition) is 1.